The summed E-state index contributed by atoms with van der Waals surface area (Å²) in [5.74, 6) is 0. The van der Waals surface area contributed by atoms with Gasteiger partial charge in [0.15, 0.2) is 0 Å². The molecule has 2 aliphatic rings. The van der Waals surface area contributed by atoms with Crippen LogP contribution in [0, 0.1) is 0 Å². The molecule has 122 valence electrons. The fourth-order valence-electron chi connectivity index (χ4n) is 3.59. The molecule has 2 aromatic rings. The number of allylic oxidation sites excluding steroid dienone is 1. The zero-order chi connectivity index (χ0) is 16.2. The van der Waals surface area contributed by atoms with Crippen molar-refractivity contribution >= 4 is 17.5 Å². The number of hydrogen-bond donors (Lipinski definition) is 0. The summed E-state index contributed by atoms with van der Waals surface area (Å²) in [7, 11) is 0. The van der Waals surface area contributed by atoms with Gasteiger partial charge in [0.25, 0.3) is 0 Å². The lowest BCUT2D eigenvalue weighted by Crippen LogP contribution is -2.17. The first-order valence-corrected chi connectivity index (χ1v) is 8.91. The molecule has 1 saturated heterocycles. The van der Waals surface area contributed by atoms with E-state index >= 15 is 0 Å². The molecule has 0 bridgehead atoms. The van der Waals surface area contributed by atoms with Crippen LogP contribution in [0.5, 0.6) is 0 Å². The number of aliphatic imine (C=N–C) groups is 1. The van der Waals surface area contributed by atoms with E-state index in [1.165, 1.54) is 42.8 Å². The Morgan fingerprint density at radius 3 is 2.75 bits per heavy atom. The summed E-state index contributed by atoms with van der Waals surface area (Å²) in [4.78, 5) is 11.5. The SMILES string of the molecule is C(=C1CCCN=C1c1cccnc1)c1cccc(N2CCCC2)c1. The standard InChI is InChI=1S/C21H23N3/c1-2-13-24(12-1)20-9-3-6-17(15-20)14-18-7-5-11-23-21(18)19-8-4-10-22-16-19/h3-4,6,8-10,14-16H,1-2,5,7,11-13H2. The van der Waals surface area contributed by atoms with Gasteiger partial charge in [-0.2, -0.15) is 0 Å². The van der Waals surface area contributed by atoms with Gasteiger partial charge >= 0.3 is 0 Å². The monoisotopic (exact) mass is 317 g/mol. The molecule has 3 heterocycles. The Balaban J connectivity index is 1.65. The van der Waals surface area contributed by atoms with Crippen LogP contribution < -0.4 is 4.90 Å². The van der Waals surface area contributed by atoms with Crippen molar-refractivity contribution in [3.63, 3.8) is 0 Å². The quantitative estimate of drug-likeness (QED) is 0.842. The van der Waals surface area contributed by atoms with Gasteiger partial charge in [0.1, 0.15) is 0 Å². The van der Waals surface area contributed by atoms with Gasteiger partial charge in [-0.15, -0.1) is 0 Å². The summed E-state index contributed by atoms with van der Waals surface area (Å²) in [6.45, 7) is 3.28. The third kappa shape index (κ3) is 3.25. The summed E-state index contributed by atoms with van der Waals surface area (Å²) < 4.78 is 0. The Labute approximate surface area is 143 Å². The van der Waals surface area contributed by atoms with Gasteiger partial charge in [-0.05, 0) is 67.2 Å². The number of aromatic nitrogens is 1. The predicted octanol–water partition coefficient (Wildman–Crippen LogP) is 4.35. The highest BCUT2D eigenvalue weighted by atomic mass is 15.1. The van der Waals surface area contributed by atoms with Gasteiger partial charge in [0, 0.05) is 43.3 Å². The molecular weight excluding hydrogens is 294 g/mol. The molecular formula is C21H23N3. The lowest BCUT2D eigenvalue weighted by atomic mass is 9.95. The molecule has 0 amide bonds. The van der Waals surface area contributed by atoms with E-state index in [1.54, 1.807) is 0 Å². The molecule has 0 unspecified atom stereocenters. The van der Waals surface area contributed by atoms with Crippen LogP contribution in [0.1, 0.15) is 36.8 Å². The topological polar surface area (TPSA) is 28.5 Å². The Morgan fingerprint density at radius 1 is 1.00 bits per heavy atom. The molecule has 0 aliphatic carbocycles. The zero-order valence-corrected chi connectivity index (χ0v) is 14.0. The van der Waals surface area contributed by atoms with Gasteiger partial charge in [-0.3, -0.25) is 9.98 Å². The lowest BCUT2D eigenvalue weighted by molar-refractivity contribution is 0.818. The van der Waals surface area contributed by atoms with Gasteiger partial charge in [0.05, 0.1) is 5.71 Å². The van der Waals surface area contributed by atoms with Crippen molar-refractivity contribution in [2.24, 2.45) is 4.99 Å². The number of pyridine rings is 1. The average molecular weight is 317 g/mol. The van der Waals surface area contributed by atoms with Crippen LogP contribution in [0.2, 0.25) is 0 Å². The van der Waals surface area contributed by atoms with E-state index in [0.717, 1.165) is 30.7 Å². The largest absolute Gasteiger partial charge is 0.372 e. The number of rotatable bonds is 3. The average Bonchev–Trinajstić information content (AvgIpc) is 3.18. The maximum Gasteiger partial charge on any atom is 0.0694 e. The second-order valence-corrected chi connectivity index (χ2v) is 6.53. The fourth-order valence-corrected chi connectivity index (χ4v) is 3.59. The van der Waals surface area contributed by atoms with Gasteiger partial charge in [-0.25, -0.2) is 0 Å². The third-order valence-electron chi connectivity index (χ3n) is 4.80. The number of hydrogen-bond acceptors (Lipinski definition) is 3. The summed E-state index contributed by atoms with van der Waals surface area (Å²) in [5.41, 5.74) is 6.18. The van der Waals surface area contributed by atoms with Crippen molar-refractivity contribution in [1.82, 2.24) is 4.98 Å². The molecule has 3 heteroatoms. The number of nitrogens with zero attached hydrogens (tertiary/aromatic N) is 3. The highest BCUT2D eigenvalue weighted by Crippen LogP contribution is 2.25. The van der Waals surface area contributed by atoms with Crippen molar-refractivity contribution in [3.05, 3.63) is 65.5 Å². The molecule has 0 radical (unpaired) electrons. The minimum absolute atomic E-state index is 0.912. The van der Waals surface area contributed by atoms with E-state index in [1.807, 2.05) is 18.5 Å². The molecule has 1 aromatic heterocycles. The van der Waals surface area contributed by atoms with Gasteiger partial charge < -0.3 is 4.90 Å². The molecule has 0 saturated carbocycles. The van der Waals surface area contributed by atoms with Crippen LogP contribution >= 0.6 is 0 Å². The van der Waals surface area contributed by atoms with Crippen molar-refractivity contribution in [2.45, 2.75) is 25.7 Å². The lowest BCUT2D eigenvalue weighted by Gasteiger charge is -2.19. The highest BCUT2D eigenvalue weighted by Gasteiger charge is 2.15. The Kier molecular flexibility index (Phi) is 4.41. The van der Waals surface area contributed by atoms with Crippen LogP contribution in [0.4, 0.5) is 5.69 Å². The molecule has 0 N–H and O–H groups in total. The van der Waals surface area contributed by atoms with Crippen molar-refractivity contribution in [1.29, 1.82) is 0 Å². The molecule has 2 aliphatic heterocycles. The maximum absolute atomic E-state index is 4.78. The second kappa shape index (κ2) is 7.00. The highest BCUT2D eigenvalue weighted by molar-refractivity contribution is 6.15. The van der Waals surface area contributed by atoms with E-state index in [2.05, 4.69) is 46.3 Å². The summed E-state index contributed by atoms with van der Waals surface area (Å²) in [6, 6.07) is 13.0. The molecule has 4 rings (SSSR count). The predicted molar refractivity (Wildman–Crippen MR) is 101 cm³/mol. The van der Waals surface area contributed by atoms with Crippen LogP contribution in [-0.2, 0) is 0 Å². The van der Waals surface area contributed by atoms with E-state index < -0.39 is 0 Å². The summed E-state index contributed by atoms with van der Waals surface area (Å²) in [6.07, 6.45) is 10.9. The van der Waals surface area contributed by atoms with Crippen molar-refractivity contribution in [3.8, 4) is 0 Å². The third-order valence-corrected chi connectivity index (χ3v) is 4.80. The minimum Gasteiger partial charge on any atom is -0.372 e. The first-order valence-electron chi connectivity index (χ1n) is 8.91. The molecule has 0 spiro atoms. The first kappa shape index (κ1) is 15.1. The fraction of sp³-hybridized carbons (Fsp3) is 0.333. The maximum atomic E-state index is 4.78. The smallest absolute Gasteiger partial charge is 0.0694 e. The van der Waals surface area contributed by atoms with E-state index in [4.69, 9.17) is 4.99 Å². The molecule has 1 fully saturated rings. The first-order chi connectivity index (χ1) is 11.9. The van der Waals surface area contributed by atoms with Crippen LogP contribution in [-0.4, -0.2) is 30.3 Å². The second-order valence-electron chi connectivity index (χ2n) is 6.53. The Hall–Kier alpha value is -2.42. The van der Waals surface area contributed by atoms with Crippen LogP contribution in [0.25, 0.3) is 6.08 Å². The number of benzene rings is 1. The molecule has 24 heavy (non-hydrogen) atoms. The molecule has 1 aromatic carbocycles. The Bertz CT molecular complexity index is 756. The molecule has 3 nitrogen and oxygen atoms in total. The van der Waals surface area contributed by atoms with E-state index in [0.29, 0.717) is 0 Å². The van der Waals surface area contributed by atoms with Crippen LogP contribution in [0.15, 0.2) is 59.4 Å². The normalized spacial score (nSPS) is 19.6. The van der Waals surface area contributed by atoms with Crippen molar-refractivity contribution < 1.29 is 0 Å². The van der Waals surface area contributed by atoms with Gasteiger partial charge in [-0.1, -0.05) is 12.1 Å². The number of anilines is 1. The van der Waals surface area contributed by atoms with Crippen LogP contribution in [0.3, 0.4) is 0 Å². The Morgan fingerprint density at radius 2 is 1.92 bits per heavy atom. The summed E-state index contributed by atoms with van der Waals surface area (Å²) >= 11 is 0. The zero-order valence-electron chi connectivity index (χ0n) is 14.0. The minimum atomic E-state index is 0.912. The van der Waals surface area contributed by atoms with E-state index in [-0.39, 0.29) is 0 Å². The van der Waals surface area contributed by atoms with E-state index in [9.17, 15) is 0 Å². The van der Waals surface area contributed by atoms with Crippen molar-refractivity contribution in [2.75, 3.05) is 24.5 Å². The van der Waals surface area contributed by atoms with Gasteiger partial charge in [0.2, 0.25) is 0 Å². The summed E-state index contributed by atoms with van der Waals surface area (Å²) in [5, 5.41) is 0. The molecule has 0 atom stereocenters.